The molecule has 0 aromatic heterocycles. The molecule has 0 unspecified atom stereocenters. The first kappa shape index (κ1) is 17.1. The van der Waals surface area contributed by atoms with Crippen LogP contribution in [-0.2, 0) is 16.1 Å². The van der Waals surface area contributed by atoms with Gasteiger partial charge in [0.15, 0.2) is 0 Å². The third-order valence-electron chi connectivity index (χ3n) is 3.38. The predicted molar refractivity (Wildman–Crippen MR) is 84.1 cm³/mol. The molecular formula is C15H18ClN3O4. The van der Waals surface area contributed by atoms with E-state index in [1.165, 1.54) is 4.90 Å². The summed E-state index contributed by atoms with van der Waals surface area (Å²) in [5, 5.41) is 14.5. The Morgan fingerprint density at radius 3 is 2.39 bits per heavy atom. The highest BCUT2D eigenvalue weighted by Crippen LogP contribution is 2.26. The van der Waals surface area contributed by atoms with Gasteiger partial charge in [-0.1, -0.05) is 23.7 Å². The second-order valence-corrected chi connectivity index (χ2v) is 5.75. The van der Waals surface area contributed by atoms with Gasteiger partial charge in [0.1, 0.15) is 6.54 Å². The maximum absolute atomic E-state index is 12.0. The van der Waals surface area contributed by atoms with Crippen molar-refractivity contribution in [3.63, 3.8) is 0 Å². The molecule has 23 heavy (non-hydrogen) atoms. The summed E-state index contributed by atoms with van der Waals surface area (Å²) in [4.78, 5) is 35.7. The number of carboxylic acids is 1. The molecule has 2 rings (SSSR count). The average Bonchev–Trinajstić information content (AvgIpc) is 3.34. The fraction of sp³-hybridized carbons (Fsp3) is 0.400. The molecule has 124 valence electrons. The van der Waals surface area contributed by atoms with Crippen LogP contribution in [0, 0.1) is 0 Å². The molecule has 3 N–H and O–H groups in total. The Labute approximate surface area is 138 Å². The number of hydrogen-bond donors (Lipinski definition) is 3. The van der Waals surface area contributed by atoms with Gasteiger partial charge in [0.25, 0.3) is 0 Å². The van der Waals surface area contributed by atoms with E-state index in [1.807, 2.05) is 0 Å². The summed E-state index contributed by atoms with van der Waals surface area (Å²) >= 11 is 5.77. The van der Waals surface area contributed by atoms with E-state index < -0.39 is 17.9 Å². The summed E-state index contributed by atoms with van der Waals surface area (Å²) in [6.45, 7) is -0.257. The van der Waals surface area contributed by atoms with E-state index in [0.29, 0.717) is 11.6 Å². The molecule has 0 spiro atoms. The molecule has 3 amide bonds. The Hall–Kier alpha value is -2.28. The number of hydrogen-bond acceptors (Lipinski definition) is 3. The topological polar surface area (TPSA) is 98.7 Å². The molecule has 0 radical (unpaired) electrons. The lowest BCUT2D eigenvalue weighted by molar-refractivity contribution is -0.144. The lowest BCUT2D eigenvalue weighted by atomic mass is 10.2. The van der Waals surface area contributed by atoms with Gasteiger partial charge >= 0.3 is 12.0 Å². The van der Waals surface area contributed by atoms with E-state index in [2.05, 4.69) is 10.6 Å². The number of rotatable bonds is 7. The summed E-state index contributed by atoms with van der Waals surface area (Å²) in [7, 11) is 0. The zero-order chi connectivity index (χ0) is 16.8. The van der Waals surface area contributed by atoms with E-state index in [9.17, 15) is 14.4 Å². The third kappa shape index (κ3) is 5.78. The number of amides is 3. The van der Waals surface area contributed by atoms with Crippen molar-refractivity contribution >= 4 is 29.5 Å². The molecule has 1 aliphatic carbocycles. The summed E-state index contributed by atoms with van der Waals surface area (Å²) in [6.07, 6.45) is 1.61. The summed E-state index contributed by atoms with van der Waals surface area (Å²) in [6, 6.07) is 6.51. The molecule has 0 aliphatic heterocycles. The van der Waals surface area contributed by atoms with E-state index in [0.717, 1.165) is 18.4 Å². The minimum atomic E-state index is -1.06. The van der Waals surface area contributed by atoms with Crippen LogP contribution >= 0.6 is 11.6 Å². The minimum Gasteiger partial charge on any atom is -0.480 e. The van der Waals surface area contributed by atoms with Crippen LogP contribution in [0.1, 0.15) is 18.4 Å². The summed E-state index contributed by atoms with van der Waals surface area (Å²) < 4.78 is 0. The van der Waals surface area contributed by atoms with Crippen LogP contribution in [0.15, 0.2) is 24.3 Å². The van der Waals surface area contributed by atoms with Crippen molar-refractivity contribution in [2.24, 2.45) is 0 Å². The van der Waals surface area contributed by atoms with Gasteiger partial charge in [0.2, 0.25) is 5.91 Å². The van der Waals surface area contributed by atoms with Gasteiger partial charge in [-0.2, -0.15) is 0 Å². The maximum atomic E-state index is 12.0. The Morgan fingerprint density at radius 1 is 1.17 bits per heavy atom. The van der Waals surface area contributed by atoms with Gasteiger partial charge in [-0.25, -0.2) is 4.79 Å². The Balaban J connectivity index is 1.73. The Kier molecular flexibility index (Phi) is 5.81. The number of carbonyl (C=O) groups excluding carboxylic acids is 2. The number of nitrogens with one attached hydrogen (secondary N) is 2. The molecule has 1 saturated carbocycles. The molecule has 0 bridgehead atoms. The molecule has 1 aromatic carbocycles. The van der Waals surface area contributed by atoms with Crippen molar-refractivity contribution < 1.29 is 19.5 Å². The maximum Gasteiger partial charge on any atom is 0.323 e. The minimum absolute atomic E-state index is 0.0162. The molecule has 1 aliphatic rings. The zero-order valence-corrected chi connectivity index (χ0v) is 13.2. The standard InChI is InChI=1S/C15H18ClN3O4/c16-11-3-1-10(2-4-11)7-17-15(23)18-8-13(20)19(9-14(21)22)12-5-6-12/h1-4,12H,5-9H2,(H,21,22)(H2,17,18,23). The Bertz CT molecular complexity index is 587. The monoisotopic (exact) mass is 339 g/mol. The van der Waals surface area contributed by atoms with Gasteiger partial charge in [0.05, 0.1) is 6.54 Å². The number of benzene rings is 1. The first-order valence-electron chi connectivity index (χ1n) is 7.23. The van der Waals surface area contributed by atoms with E-state index in [4.69, 9.17) is 16.7 Å². The normalized spacial score (nSPS) is 13.3. The van der Waals surface area contributed by atoms with Gasteiger partial charge in [0, 0.05) is 17.6 Å². The fourth-order valence-corrected chi connectivity index (χ4v) is 2.18. The number of aliphatic carboxylic acids is 1. The van der Waals surface area contributed by atoms with Crippen LogP contribution in [-0.4, -0.2) is 47.0 Å². The molecule has 1 aromatic rings. The van der Waals surface area contributed by atoms with E-state index >= 15 is 0 Å². The molecule has 8 heteroatoms. The highest BCUT2D eigenvalue weighted by molar-refractivity contribution is 6.30. The van der Waals surface area contributed by atoms with Crippen molar-refractivity contribution in [3.05, 3.63) is 34.9 Å². The van der Waals surface area contributed by atoms with Crippen molar-refractivity contribution in [2.75, 3.05) is 13.1 Å². The zero-order valence-electron chi connectivity index (χ0n) is 12.4. The molecule has 0 saturated heterocycles. The van der Waals surface area contributed by atoms with Crippen molar-refractivity contribution in [3.8, 4) is 0 Å². The van der Waals surface area contributed by atoms with Crippen molar-refractivity contribution in [1.29, 1.82) is 0 Å². The quantitative estimate of drug-likeness (QED) is 0.695. The van der Waals surface area contributed by atoms with Gasteiger partial charge in [-0.3, -0.25) is 9.59 Å². The van der Waals surface area contributed by atoms with E-state index in [1.54, 1.807) is 24.3 Å². The average molecular weight is 340 g/mol. The molecule has 0 atom stereocenters. The van der Waals surface area contributed by atoms with Crippen LogP contribution in [0.25, 0.3) is 0 Å². The third-order valence-corrected chi connectivity index (χ3v) is 3.63. The van der Waals surface area contributed by atoms with Crippen molar-refractivity contribution in [1.82, 2.24) is 15.5 Å². The van der Waals surface area contributed by atoms with E-state index in [-0.39, 0.29) is 19.1 Å². The molecule has 0 heterocycles. The smallest absolute Gasteiger partial charge is 0.323 e. The van der Waals surface area contributed by atoms with Gasteiger partial charge in [-0.15, -0.1) is 0 Å². The number of nitrogens with zero attached hydrogens (tertiary/aromatic N) is 1. The first-order valence-corrected chi connectivity index (χ1v) is 7.61. The second-order valence-electron chi connectivity index (χ2n) is 5.31. The Morgan fingerprint density at radius 2 is 1.83 bits per heavy atom. The van der Waals surface area contributed by atoms with Crippen LogP contribution in [0.4, 0.5) is 4.79 Å². The second kappa shape index (κ2) is 7.82. The van der Waals surface area contributed by atoms with Gasteiger partial charge < -0.3 is 20.6 Å². The van der Waals surface area contributed by atoms with Crippen LogP contribution in [0.5, 0.6) is 0 Å². The predicted octanol–water partition coefficient (Wildman–Crippen LogP) is 1.21. The fourth-order valence-electron chi connectivity index (χ4n) is 2.06. The van der Waals surface area contributed by atoms with Crippen LogP contribution < -0.4 is 10.6 Å². The molecule has 1 fully saturated rings. The van der Waals surface area contributed by atoms with Crippen molar-refractivity contribution in [2.45, 2.75) is 25.4 Å². The number of carboxylic acid groups (broad SMARTS) is 1. The van der Waals surface area contributed by atoms with Crippen LogP contribution in [0.2, 0.25) is 5.02 Å². The summed E-state index contributed by atoms with van der Waals surface area (Å²) in [5.74, 6) is -1.45. The number of urea groups is 1. The largest absolute Gasteiger partial charge is 0.480 e. The highest BCUT2D eigenvalue weighted by Gasteiger charge is 2.33. The number of carbonyl (C=O) groups is 3. The van der Waals surface area contributed by atoms with Crippen LogP contribution in [0.3, 0.4) is 0 Å². The van der Waals surface area contributed by atoms with Gasteiger partial charge in [-0.05, 0) is 30.5 Å². The first-order chi connectivity index (χ1) is 11.0. The molecular weight excluding hydrogens is 322 g/mol. The number of halogens is 1. The SMILES string of the molecule is O=C(O)CN(C(=O)CNC(=O)NCc1ccc(Cl)cc1)C1CC1. The lowest BCUT2D eigenvalue weighted by Gasteiger charge is -2.20. The molecule has 7 nitrogen and oxygen atoms in total. The highest BCUT2D eigenvalue weighted by atomic mass is 35.5. The summed E-state index contributed by atoms with van der Waals surface area (Å²) in [5.41, 5.74) is 0.876. The lowest BCUT2D eigenvalue weighted by Crippen LogP contribution is -2.45.